The van der Waals surface area contributed by atoms with Gasteiger partial charge < -0.3 is 5.73 Å². The predicted octanol–water partition coefficient (Wildman–Crippen LogP) is 3.18. The minimum Gasteiger partial charge on any atom is -0.351 e. The zero-order chi connectivity index (χ0) is 22.6. The Hall–Kier alpha value is -2.69. The van der Waals surface area contributed by atoms with Gasteiger partial charge in [-0.05, 0) is 42.7 Å². The smallest absolute Gasteiger partial charge is 0.319 e. The summed E-state index contributed by atoms with van der Waals surface area (Å²) in [5.41, 5.74) is 8.43. The van der Waals surface area contributed by atoms with Crippen LogP contribution in [0.2, 0.25) is 0 Å². The number of primary amides is 1. The van der Waals surface area contributed by atoms with Crippen LogP contribution in [0.5, 0.6) is 0 Å². The highest BCUT2D eigenvalue weighted by Gasteiger charge is 2.49. The number of hydrogen-bond acceptors (Lipinski definition) is 6. The quantitative estimate of drug-likeness (QED) is 0.330. The number of anilines is 1. The molecule has 31 heavy (non-hydrogen) atoms. The second kappa shape index (κ2) is 9.21. The van der Waals surface area contributed by atoms with Crippen molar-refractivity contribution >= 4 is 38.8 Å². The van der Waals surface area contributed by atoms with Crippen molar-refractivity contribution in [2.75, 3.05) is 17.2 Å². The molecule has 1 aliphatic rings. The van der Waals surface area contributed by atoms with Gasteiger partial charge in [-0.3, -0.25) is 14.9 Å². The van der Waals surface area contributed by atoms with Gasteiger partial charge in [0.1, 0.15) is 4.75 Å². The predicted molar refractivity (Wildman–Crippen MR) is 121 cm³/mol. The van der Waals surface area contributed by atoms with Crippen molar-refractivity contribution in [3.8, 4) is 10.4 Å². The van der Waals surface area contributed by atoms with Gasteiger partial charge >= 0.3 is 6.03 Å². The van der Waals surface area contributed by atoms with E-state index in [0.29, 0.717) is 29.8 Å². The molecule has 10 heteroatoms. The molecule has 0 spiro atoms. The minimum atomic E-state index is -3.59. The molecule has 0 bridgehead atoms. The Bertz CT molecular complexity index is 1100. The standard InChI is InChI=1S/C21H25N3O5S2/c1-2-11-24(20(22)26)16-7-5-6-15(13-16)17-8-9-18(30-17)21(14-19(25)23-27)10-3-4-12-31(21,28)29/h2,5-9,13,27H,1,3-4,10-12,14H2,(H2,22,26)(H,23,25)/t21-/m0/s1. The zero-order valence-electron chi connectivity index (χ0n) is 16.9. The highest BCUT2D eigenvalue weighted by Crippen LogP contribution is 2.47. The van der Waals surface area contributed by atoms with Gasteiger partial charge in [0, 0.05) is 22.0 Å². The molecule has 1 saturated heterocycles. The van der Waals surface area contributed by atoms with Gasteiger partial charge in [0.25, 0.3) is 0 Å². The molecule has 0 unspecified atom stereocenters. The molecule has 1 aromatic carbocycles. The maximum absolute atomic E-state index is 13.1. The number of benzene rings is 1. The maximum atomic E-state index is 13.1. The summed E-state index contributed by atoms with van der Waals surface area (Å²) < 4.78 is 24.8. The number of sulfone groups is 1. The summed E-state index contributed by atoms with van der Waals surface area (Å²) in [5.74, 6) is -0.729. The number of hydrogen-bond donors (Lipinski definition) is 3. The van der Waals surface area contributed by atoms with Gasteiger partial charge in [0.15, 0.2) is 9.84 Å². The summed E-state index contributed by atoms with van der Waals surface area (Å²) in [5, 5.41) is 9.01. The van der Waals surface area contributed by atoms with Gasteiger partial charge in [-0.1, -0.05) is 24.6 Å². The Labute approximate surface area is 185 Å². The second-order valence-corrected chi connectivity index (χ2v) is 10.9. The number of nitrogens with zero attached hydrogens (tertiary/aromatic N) is 1. The van der Waals surface area contributed by atoms with Crippen LogP contribution < -0.4 is 16.1 Å². The molecule has 0 saturated carbocycles. The first-order chi connectivity index (χ1) is 14.7. The van der Waals surface area contributed by atoms with E-state index in [2.05, 4.69) is 6.58 Å². The Balaban J connectivity index is 2.03. The van der Waals surface area contributed by atoms with Crippen LogP contribution >= 0.6 is 11.3 Å². The Morgan fingerprint density at radius 2 is 2.06 bits per heavy atom. The van der Waals surface area contributed by atoms with Crippen LogP contribution in [0.3, 0.4) is 0 Å². The first-order valence-corrected chi connectivity index (χ1v) is 12.2. The van der Waals surface area contributed by atoms with E-state index in [0.717, 1.165) is 10.4 Å². The highest BCUT2D eigenvalue weighted by atomic mass is 32.2. The first-order valence-electron chi connectivity index (χ1n) is 9.78. The average molecular weight is 464 g/mol. The minimum absolute atomic E-state index is 0.00352. The van der Waals surface area contributed by atoms with E-state index < -0.39 is 26.5 Å². The molecule has 1 aliphatic heterocycles. The fourth-order valence-corrected chi connectivity index (χ4v) is 7.71. The van der Waals surface area contributed by atoms with Crippen LogP contribution in [0.1, 0.15) is 30.6 Å². The van der Waals surface area contributed by atoms with Crippen molar-refractivity contribution in [3.63, 3.8) is 0 Å². The summed E-state index contributed by atoms with van der Waals surface area (Å²) in [6.07, 6.45) is 2.79. The normalized spacial score (nSPS) is 20.0. The van der Waals surface area contributed by atoms with E-state index >= 15 is 0 Å². The van der Waals surface area contributed by atoms with Gasteiger partial charge in [-0.25, -0.2) is 18.7 Å². The van der Waals surface area contributed by atoms with Crippen molar-refractivity contribution in [2.24, 2.45) is 5.73 Å². The van der Waals surface area contributed by atoms with E-state index in [9.17, 15) is 18.0 Å². The molecular formula is C21H25N3O5S2. The monoisotopic (exact) mass is 463 g/mol. The van der Waals surface area contributed by atoms with Gasteiger partial charge in [-0.15, -0.1) is 17.9 Å². The Morgan fingerprint density at radius 3 is 2.71 bits per heavy atom. The van der Waals surface area contributed by atoms with Crippen LogP contribution in [0.4, 0.5) is 10.5 Å². The van der Waals surface area contributed by atoms with E-state index in [1.165, 1.54) is 16.2 Å². The van der Waals surface area contributed by atoms with E-state index in [1.54, 1.807) is 35.8 Å². The van der Waals surface area contributed by atoms with Gasteiger partial charge in [0.2, 0.25) is 5.91 Å². The third kappa shape index (κ3) is 4.51. The van der Waals surface area contributed by atoms with Crippen molar-refractivity contribution in [1.29, 1.82) is 0 Å². The van der Waals surface area contributed by atoms with Crippen molar-refractivity contribution in [3.05, 3.63) is 53.9 Å². The number of nitrogens with two attached hydrogens (primary N) is 1. The number of urea groups is 1. The van der Waals surface area contributed by atoms with Crippen molar-refractivity contribution < 1.29 is 23.2 Å². The van der Waals surface area contributed by atoms with Crippen LogP contribution in [0, 0.1) is 0 Å². The molecule has 0 radical (unpaired) electrons. The van der Waals surface area contributed by atoms with Crippen LogP contribution in [-0.4, -0.2) is 37.9 Å². The largest absolute Gasteiger partial charge is 0.351 e. The van der Waals surface area contributed by atoms with Crippen LogP contribution in [0.25, 0.3) is 10.4 Å². The molecule has 1 aromatic heterocycles. The molecule has 1 atom stereocenters. The van der Waals surface area contributed by atoms with Gasteiger partial charge in [-0.2, -0.15) is 0 Å². The molecule has 8 nitrogen and oxygen atoms in total. The summed E-state index contributed by atoms with van der Waals surface area (Å²) in [4.78, 5) is 26.5. The molecule has 2 heterocycles. The maximum Gasteiger partial charge on any atom is 0.319 e. The lowest BCUT2D eigenvalue weighted by atomic mass is 9.94. The molecular weight excluding hydrogens is 438 g/mol. The number of amides is 3. The second-order valence-electron chi connectivity index (χ2n) is 7.43. The van der Waals surface area contributed by atoms with Gasteiger partial charge in [0.05, 0.1) is 12.2 Å². The topological polar surface area (TPSA) is 130 Å². The lowest BCUT2D eigenvalue weighted by Gasteiger charge is -2.35. The average Bonchev–Trinajstić information content (AvgIpc) is 3.24. The Kier molecular flexibility index (Phi) is 6.83. The number of rotatable bonds is 7. The molecule has 166 valence electrons. The summed E-state index contributed by atoms with van der Waals surface area (Å²) in [6.45, 7) is 3.90. The third-order valence-electron chi connectivity index (χ3n) is 5.48. The SMILES string of the molecule is C=CCN(C(N)=O)c1cccc(-c2ccc([C@@]3(CC(=O)NO)CCCCS3(=O)=O)s2)c1. The van der Waals surface area contributed by atoms with E-state index in [-0.39, 0.29) is 18.7 Å². The van der Waals surface area contributed by atoms with Crippen molar-refractivity contribution in [1.82, 2.24) is 5.48 Å². The molecule has 4 N–H and O–H groups in total. The van der Waals surface area contributed by atoms with E-state index in [1.807, 2.05) is 12.1 Å². The summed E-state index contributed by atoms with van der Waals surface area (Å²) in [7, 11) is -3.59. The number of thiophene rings is 1. The fraction of sp³-hybridized carbons (Fsp3) is 0.333. The number of carbonyl (C=O) groups excluding carboxylic acids is 2. The third-order valence-corrected chi connectivity index (χ3v) is 9.54. The lowest BCUT2D eigenvalue weighted by Crippen LogP contribution is -2.43. The molecule has 2 aromatic rings. The number of hydroxylamine groups is 1. The van der Waals surface area contributed by atoms with Crippen molar-refractivity contribution in [2.45, 2.75) is 30.4 Å². The summed E-state index contributed by atoms with van der Waals surface area (Å²) in [6, 6.07) is 10.1. The first kappa shape index (κ1) is 23.0. The molecule has 3 amide bonds. The van der Waals surface area contributed by atoms with Crippen LogP contribution in [0.15, 0.2) is 49.1 Å². The lowest BCUT2D eigenvalue weighted by molar-refractivity contribution is -0.130. The molecule has 0 aliphatic carbocycles. The van der Waals surface area contributed by atoms with Crippen LogP contribution in [-0.2, 0) is 19.4 Å². The zero-order valence-corrected chi connectivity index (χ0v) is 18.5. The fourth-order valence-electron chi connectivity index (χ4n) is 3.93. The van der Waals surface area contributed by atoms with E-state index in [4.69, 9.17) is 10.9 Å². The highest BCUT2D eigenvalue weighted by molar-refractivity contribution is 7.92. The molecule has 3 rings (SSSR count). The summed E-state index contributed by atoms with van der Waals surface area (Å²) >= 11 is 1.29. The molecule has 1 fully saturated rings. The number of nitrogens with one attached hydrogen (secondary N) is 1. The Morgan fingerprint density at radius 1 is 1.29 bits per heavy atom. The number of carbonyl (C=O) groups is 2.